The van der Waals surface area contributed by atoms with Crippen molar-refractivity contribution < 1.29 is 13.2 Å². The van der Waals surface area contributed by atoms with Gasteiger partial charge in [0.05, 0.1) is 6.42 Å². The van der Waals surface area contributed by atoms with Crippen LogP contribution in [0.1, 0.15) is 31.1 Å². The fourth-order valence-electron chi connectivity index (χ4n) is 2.11. The van der Waals surface area contributed by atoms with Gasteiger partial charge in [0.1, 0.15) is 4.21 Å². The highest BCUT2D eigenvalue weighted by Crippen LogP contribution is 2.34. The molecule has 1 aliphatic rings. The summed E-state index contributed by atoms with van der Waals surface area (Å²) in [6.07, 6.45) is 3.56. The Morgan fingerprint density at radius 1 is 1.53 bits per heavy atom. The number of nitrogens with one attached hydrogen (secondary N) is 1. The number of amides is 1. The third kappa shape index (κ3) is 4.19. The lowest BCUT2D eigenvalue weighted by Crippen LogP contribution is -2.28. The molecule has 0 aliphatic heterocycles. The van der Waals surface area contributed by atoms with E-state index in [1.165, 1.54) is 6.07 Å². The normalized spacial score (nSPS) is 22.2. The molecular weight excluding hydrogens is 306 g/mol. The van der Waals surface area contributed by atoms with Crippen LogP contribution in [0.4, 0.5) is 0 Å². The van der Waals surface area contributed by atoms with Crippen LogP contribution in [0.25, 0.3) is 0 Å². The molecule has 106 valence electrons. The Morgan fingerprint density at radius 3 is 2.84 bits per heavy atom. The van der Waals surface area contributed by atoms with Crippen molar-refractivity contribution in [1.82, 2.24) is 5.32 Å². The van der Waals surface area contributed by atoms with Crippen molar-refractivity contribution in [1.29, 1.82) is 0 Å². The monoisotopic (exact) mass is 321 g/mol. The molecule has 2 rings (SSSR count). The molecule has 1 aromatic heterocycles. The predicted octanol–water partition coefficient (Wildman–Crippen LogP) is 2.52. The highest BCUT2D eigenvalue weighted by atomic mass is 35.7. The van der Waals surface area contributed by atoms with E-state index < -0.39 is 9.05 Å². The third-order valence-corrected chi connectivity index (χ3v) is 6.32. The molecule has 0 radical (unpaired) electrons. The minimum atomic E-state index is -3.69. The SMILES string of the molecule is CCCC1CC1NC(=O)Cc1ccc(S(=O)(=O)Cl)s1. The molecule has 1 fully saturated rings. The highest BCUT2D eigenvalue weighted by Gasteiger charge is 2.36. The molecule has 0 aromatic carbocycles. The van der Waals surface area contributed by atoms with Gasteiger partial charge in [0.15, 0.2) is 0 Å². The average molecular weight is 322 g/mol. The number of halogens is 1. The van der Waals surface area contributed by atoms with E-state index in [2.05, 4.69) is 12.2 Å². The van der Waals surface area contributed by atoms with Gasteiger partial charge in [-0.15, -0.1) is 11.3 Å². The summed E-state index contributed by atoms with van der Waals surface area (Å²) in [7, 11) is 1.55. The van der Waals surface area contributed by atoms with E-state index in [4.69, 9.17) is 10.7 Å². The van der Waals surface area contributed by atoms with E-state index in [0.717, 1.165) is 30.6 Å². The maximum absolute atomic E-state index is 11.8. The molecule has 2 unspecified atom stereocenters. The van der Waals surface area contributed by atoms with Crippen molar-refractivity contribution in [3.63, 3.8) is 0 Å². The summed E-state index contributed by atoms with van der Waals surface area (Å²) in [5.41, 5.74) is 0. The van der Waals surface area contributed by atoms with Gasteiger partial charge in [0.2, 0.25) is 5.91 Å². The summed E-state index contributed by atoms with van der Waals surface area (Å²) in [5.74, 6) is 0.569. The molecule has 1 amide bonds. The maximum atomic E-state index is 11.8. The number of thiophene rings is 1. The van der Waals surface area contributed by atoms with Gasteiger partial charge >= 0.3 is 0 Å². The van der Waals surface area contributed by atoms with Crippen molar-refractivity contribution in [2.45, 2.75) is 42.9 Å². The molecule has 1 N–H and O–H groups in total. The van der Waals surface area contributed by atoms with E-state index in [0.29, 0.717) is 16.8 Å². The summed E-state index contributed by atoms with van der Waals surface area (Å²) in [5, 5.41) is 2.97. The maximum Gasteiger partial charge on any atom is 0.270 e. The van der Waals surface area contributed by atoms with E-state index in [9.17, 15) is 13.2 Å². The Labute approximate surface area is 121 Å². The molecule has 1 heterocycles. The zero-order chi connectivity index (χ0) is 14.0. The fraction of sp³-hybridized carbons (Fsp3) is 0.583. The number of carbonyl (C=O) groups excluding carboxylic acids is 1. The molecule has 19 heavy (non-hydrogen) atoms. The lowest BCUT2D eigenvalue weighted by Gasteiger charge is -2.02. The standard InChI is InChI=1S/C12H16ClNO3S2/c1-2-3-8-6-10(8)14-11(15)7-9-4-5-12(18-9)19(13,16)17/h4-5,8,10H,2-3,6-7H2,1H3,(H,14,15). The van der Waals surface area contributed by atoms with E-state index in [1.807, 2.05) is 0 Å². The minimum absolute atomic E-state index is 0.0519. The Hall–Kier alpha value is -0.590. The molecule has 0 spiro atoms. The summed E-state index contributed by atoms with van der Waals surface area (Å²) in [6.45, 7) is 2.14. The predicted molar refractivity (Wildman–Crippen MR) is 76.0 cm³/mol. The van der Waals surface area contributed by atoms with Crippen LogP contribution in [0.5, 0.6) is 0 Å². The Bertz CT molecular complexity index is 567. The van der Waals surface area contributed by atoms with E-state index in [1.54, 1.807) is 6.07 Å². The van der Waals surface area contributed by atoms with Crippen LogP contribution in [-0.4, -0.2) is 20.4 Å². The Morgan fingerprint density at radius 2 is 2.26 bits per heavy atom. The molecule has 7 heteroatoms. The minimum Gasteiger partial charge on any atom is -0.353 e. The number of hydrogen-bond acceptors (Lipinski definition) is 4. The van der Waals surface area contributed by atoms with Gasteiger partial charge < -0.3 is 5.32 Å². The quantitative estimate of drug-likeness (QED) is 0.819. The second-order valence-electron chi connectivity index (χ2n) is 4.79. The van der Waals surface area contributed by atoms with Crippen molar-refractivity contribution in [2.24, 2.45) is 5.92 Å². The van der Waals surface area contributed by atoms with Crippen LogP contribution in [-0.2, 0) is 20.3 Å². The summed E-state index contributed by atoms with van der Waals surface area (Å²) in [6, 6.07) is 3.38. The molecular formula is C12H16ClNO3S2. The topological polar surface area (TPSA) is 63.2 Å². The molecule has 1 aromatic rings. The van der Waals surface area contributed by atoms with Crippen LogP contribution < -0.4 is 5.32 Å². The van der Waals surface area contributed by atoms with Crippen LogP contribution in [0.3, 0.4) is 0 Å². The summed E-state index contributed by atoms with van der Waals surface area (Å²) >= 11 is 1.05. The largest absolute Gasteiger partial charge is 0.353 e. The number of rotatable bonds is 6. The van der Waals surface area contributed by atoms with E-state index in [-0.39, 0.29) is 16.5 Å². The molecule has 0 saturated heterocycles. The first kappa shape index (κ1) is 14.8. The van der Waals surface area contributed by atoms with Gasteiger partial charge in [-0.1, -0.05) is 13.3 Å². The van der Waals surface area contributed by atoms with Crippen molar-refractivity contribution in [3.8, 4) is 0 Å². The average Bonchev–Trinajstić information content (AvgIpc) is 2.84. The Kier molecular flexibility index (Phi) is 4.53. The van der Waals surface area contributed by atoms with Crippen molar-refractivity contribution >= 4 is 37.0 Å². The molecule has 1 aliphatic carbocycles. The van der Waals surface area contributed by atoms with Crippen LogP contribution in [0.2, 0.25) is 0 Å². The first-order valence-electron chi connectivity index (χ1n) is 6.23. The first-order valence-corrected chi connectivity index (χ1v) is 9.35. The molecule has 1 saturated carbocycles. The number of hydrogen-bond donors (Lipinski definition) is 1. The zero-order valence-electron chi connectivity index (χ0n) is 10.6. The zero-order valence-corrected chi connectivity index (χ0v) is 12.9. The van der Waals surface area contributed by atoms with Gasteiger partial charge in [0.25, 0.3) is 9.05 Å². The lowest BCUT2D eigenvalue weighted by atomic mass is 10.2. The van der Waals surface area contributed by atoms with Crippen LogP contribution in [0, 0.1) is 5.92 Å². The summed E-state index contributed by atoms with van der Waals surface area (Å²) < 4.78 is 22.3. The number of carbonyl (C=O) groups is 1. The van der Waals surface area contributed by atoms with Gasteiger partial charge in [0, 0.05) is 21.6 Å². The Balaban J connectivity index is 1.85. The van der Waals surface area contributed by atoms with Crippen LogP contribution >= 0.6 is 22.0 Å². The van der Waals surface area contributed by atoms with Gasteiger partial charge in [-0.25, -0.2) is 8.42 Å². The second-order valence-corrected chi connectivity index (χ2v) is 8.75. The first-order chi connectivity index (χ1) is 8.90. The van der Waals surface area contributed by atoms with Gasteiger partial charge in [-0.05, 0) is 30.9 Å². The van der Waals surface area contributed by atoms with Crippen molar-refractivity contribution in [3.05, 3.63) is 17.0 Å². The van der Waals surface area contributed by atoms with Gasteiger partial charge in [-0.3, -0.25) is 4.79 Å². The lowest BCUT2D eigenvalue weighted by molar-refractivity contribution is -0.120. The smallest absolute Gasteiger partial charge is 0.270 e. The van der Waals surface area contributed by atoms with Crippen molar-refractivity contribution in [2.75, 3.05) is 0 Å². The highest BCUT2D eigenvalue weighted by molar-refractivity contribution is 8.15. The van der Waals surface area contributed by atoms with E-state index >= 15 is 0 Å². The molecule has 0 bridgehead atoms. The summed E-state index contributed by atoms with van der Waals surface area (Å²) in [4.78, 5) is 12.5. The fourth-order valence-corrected chi connectivity index (χ4v) is 4.24. The second kappa shape index (κ2) is 5.81. The third-order valence-electron chi connectivity index (χ3n) is 3.14. The van der Waals surface area contributed by atoms with Gasteiger partial charge in [-0.2, -0.15) is 0 Å². The molecule has 2 atom stereocenters. The van der Waals surface area contributed by atoms with Crippen LogP contribution in [0.15, 0.2) is 16.3 Å². The molecule has 4 nitrogen and oxygen atoms in total.